The van der Waals surface area contributed by atoms with E-state index in [0.29, 0.717) is 6.61 Å². The second kappa shape index (κ2) is 12.1. The largest absolute Gasteiger partial charge is 0.478 e. The minimum absolute atomic E-state index is 0.0449. The van der Waals surface area contributed by atoms with E-state index in [9.17, 15) is 9.59 Å². The summed E-state index contributed by atoms with van der Waals surface area (Å²) < 4.78 is 4.79. The van der Waals surface area contributed by atoms with Crippen LogP contribution in [0.1, 0.15) is 25.3 Å². The third-order valence-corrected chi connectivity index (χ3v) is 2.46. The van der Waals surface area contributed by atoms with Crippen molar-refractivity contribution in [2.75, 3.05) is 6.61 Å². The predicted molar refractivity (Wildman–Crippen MR) is 88.3 cm³/mol. The van der Waals surface area contributed by atoms with Crippen molar-refractivity contribution in [3.8, 4) is 0 Å². The molecule has 1 aromatic carbocycles. The number of hydrogen-bond acceptors (Lipinski definition) is 3. The van der Waals surface area contributed by atoms with E-state index in [4.69, 9.17) is 9.84 Å². The van der Waals surface area contributed by atoms with Crippen LogP contribution in [0, 0.1) is 0 Å². The SMILES string of the molecule is C=C(C=CC(=O)O)C(=O)OCCCC.C=Cc1ccccc1. The lowest BCUT2D eigenvalue weighted by Gasteiger charge is -2.02. The minimum atomic E-state index is -1.12. The standard InChI is InChI=1S/C10H14O4.C8H8/c1-3-4-7-14-10(13)8(2)5-6-9(11)12;1-2-8-6-4-3-5-7-8/h5-6H,2-4,7H2,1H3,(H,11,12);2-7H,1H2. The van der Waals surface area contributed by atoms with Crippen LogP contribution in [0.3, 0.4) is 0 Å². The Hall–Kier alpha value is -2.62. The second-order valence-electron chi connectivity index (χ2n) is 4.30. The van der Waals surface area contributed by atoms with Crippen LogP contribution in [0.25, 0.3) is 6.08 Å². The summed E-state index contributed by atoms with van der Waals surface area (Å²) in [6, 6.07) is 10.0. The van der Waals surface area contributed by atoms with E-state index in [1.165, 1.54) is 5.56 Å². The van der Waals surface area contributed by atoms with Crippen molar-refractivity contribution in [3.63, 3.8) is 0 Å². The van der Waals surface area contributed by atoms with E-state index in [0.717, 1.165) is 25.0 Å². The number of carbonyl (C=O) groups is 2. The molecule has 0 aliphatic heterocycles. The lowest BCUT2D eigenvalue weighted by atomic mass is 10.2. The molecule has 0 amide bonds. The lowest BCUT2D eigenvalue weighted by Crippen LogP contribution is -2.07. The number of hydrogen-bond donors (Lipinski definition) is 1. The van der Waals surface area contributed by atoms with Crippen molar-refractivity contribution >= 4 is 18.0 Å². The number of rotatable bonds is 7. The first-order chi connectivity index (χ1) is 10.5. The summed E-state index contributed by atoms with van der Waals surface area (Å²) in [6.07, 6.45) is 5.53. The van der Waals surface area contributed by atoms with E-state index in [1.807, 2.05) is 43.3 Å². The normalized spacial score (nSPS) is 9.50. The first-order valence-corrected chi connectivity index (χ1v) is 6.95. The van der Waals surface area contributed by atoms with E-state index < -0.39 is 11.9 Å². The van der Waals surface area contributed by atoms with Gasteiger partial charge in [-0.25, -0.2) is 9.59 Å². The maximum atomic E-state index is 11.1. The minimum Gasteiger partial charge on any atom is -0.478 e. The van der Waals surface area contributed by atoms with Crippen LogP contribution >= 0.6 is 0 Å². The van der Waals surface area contributed by atoms with Crippen molar-refractivity contribution in [1.82, 2.24) is 0 Å². The van der Waals surface area contributed by atoms with Gasteiger partial charge in [0.15, 0.2) is 0 Å². The first-order valence-electron chi connectivity index (χ1n) is 6.95. The van der Waals surface area contributed by atoms with Crippen LogP contribution in [-0.4, -0.2) is 23.7 Å². The van der Waals surface area contributed by atoms with Crippen LogP contribution < -0.4 is 0 Å². The van der Waals surface area contributed by atoms with Gasteiger partial charge in [0.2, 0.25) is 0 Å². The molecule has 0 saturated carbocycles. The number of carboxylic acids is 1. The van der Waals surface area contributed by atoms with Gasteiger partial charge in [-0.2, -0.15) is 0 Å². The molecule has 0 aliphatic rings. The molecule has 0 saturated heterocycles. The summed E-state index contributed by atoms with van der Waals surface area (Å²) >= 11 is 0. The van der Waals surface area contributed by atoms with Gasteiger partial charge in [0.05, 0.1) is 12.2 Å². The molecule has 4 heteroatoms. The molecule has 1 N–H and O–H groups in total. The van der Waals surface area contributed by atoms with Gasteiger partial charge in [-0.1, -0.05) is 62.9 Å². The van der Waals surface area contributed by atoms with E-state index in [-0.39, 0.29) is 5.57 Å². The highest BCUT2D eigenvalue weighted by atomic mass is 16.5. The Morgan fingerprint density at radius 3 is 2.32 bits per heavy atom. The van der Waals surface area contributed by atoms with Gasteiger partial charge in [-0.15, -0.1) is 0 Å². The Morgan fingerprint density at radius 2 is 1.86 bits per heavy atom. The fraction of sp³-hybridized carbons (Fsp3) is 0.222. The number of aliphatic carboxylic acids is 1. The van der Waals surface area contributed by atoms with E-state index in [2.05, 4.69) is 13.2 Å². The average molecular weight is 302 g/mol. The summed E-state index contributed by atoms with van der Waals surface area (Å²) in [5.41, 5.74) is 1.22. The van der Waals surface area contributed by atoms with Gasteiger partial charge in [-0.05, 0) is 18.1 Å². The molecular formula is C18H22O4. The number of carbonyl (C=O) groups excluding carboxylic acids is 1. The monoisotopic (exact) mass is 302 g/mol. The zero-order valence-corrected chi connectivity index (χ0v) is 12.8. The summed E-state index contributed by atoms with van der Waals surface area (Å²) in [6.45, 7) is 9.33. The van der Waals surface area contributed by atoms with Crippen LogP contribution in [0.5, 0.6) is 0 Å². The van der Waals surface area contributed by atoms with Crippen LogP contribution in [0.15, 0.2) is 61.2 Å². The Balaban J connectivity index is 0.000000461. The first kappa shape index (κ1) is 19.4. The lowest BCUT2D eigenvalue weighted by molar-refractivity contribution is -0.138. The molecular weight excluding hydrogens is 280 g/mol. The zero-order chi connectivity index (χ0) is 16.8. The fourth-order valence-electron chi connectivity index (χ4n) is 1.23. The number of carboxylic acid groups (broad SMARTS) is 1. The molecule has 0 radical (unpaired) electrons. The molecule has 0 aromatic heterocycles. The summed E-state index contributed by atoms with van der Waals surface area (Å²) in [5.74, 6) is -1.69. The van der Waals surface area contributed by atoms with Gasteiger partial charge in [0.1, 0.15) is 0 Å². The Labute approximate surface area is 131 Å². The maximum Gasteiger partial charge on any atom is 0.337 e. The Bertz CT molecular complexity index is 515. The van der Waals surface area contributed by atoms with Crippen LogP contribution in [-0.2, 0) is 14.3 Å². The molecule has 0 heterocycles. The number of esters is 1. The van der Waals surface area contributed by atoms with Gasteiger partial charge in [-0.3, -0.25) is 0 Å². The molecule has 0 fully saturated rings. The van der Waals surface area contributed by atoms with Crippen LogP contribution in [0.4, 0.5) is 0 Å². The molecule has 0 atom stereocenters. The number of ether oxygens (including phenoxy) is 1. The number of unbranched alkanes of at least 4 members (excludes halogenated alkanes) is 1. The molecule has 0 aliphatic carbocycles. The Kier molecular flexibility index (Phi) is 10.7. The summed E-state index contributed by atoms with van der Waals surface area (Å²) in [4.78, 5) is 21.2. The molecule has 118 valence electrons. The summed E-state index contributed by atoms with van der Waals surface area (Å²) in [5, 5.41) is 8.28. The highest BCUT2D eigenvalue weighted by molar-refractivity contribution is 5.93. The van der Waals surface area contributed by atoms with Crippen molar-refractivity contribution in [2.45, 2.75) is 19.8 Å². The average Bonchev–Trinajstić information content (AvgIpc) is 2.54. The predicted octanol–water partition coefficient (Wildman–Crippen LogP) is 3.86. The third kappa shape index (κ3) is 10.2. The maximum absolute atomic E-state index is 11.1. The van der Waals surface area contributed by atoms with Crippen molar-refractivity contribution in [1.29, 1.82) is 0 Å². The topological polar surface area (TPSA) is 63.6 Å². The highest BCUT2D eigenvalue weighted by Gasteiger charge is 2.04. The third-order valence-electron chi connectivity index (χ3n) is 2.46. The molecule has 1 rings (SSSR count). The van der Waals surface area contributed by atoms with Crippen molar-refractivity contribution < 1.29 is 19.4 Å². The smallest absolute Gasteiger partial charge is 0.337 e. The molecule has 1 aromatic rings. The van der Waals surface area contributed by atoms with E-state index in [1.54, 1.807) is 0 Å². The van der Waals surface area contributed by atoms with Gasteiger partial charge < -0.3 is 9.84 Å². The van der Waals surface area contributed by atoms with Crippen molar-refractivity contribution in [2.24, 2.45) is 0 Å². The molecule has 0 bridgehead atoms. The number of benzene rings is 1. The highest BCUT2D eigenvalue weighted by Crippen LogP contribution is 1.99. The Morgan fingerprint density at radius 1 is 1.23 bits per heavy atom. The second-order valence-corrected chi connectivity index (χ2v) is 4.30. The quantitative estimate of drug-likeness (QED) is 0.359. The van der Waals surface area contributed by atoms with E-state index >= 15 is 0 Å². The molecule has 0 spiro atoms. The molecule has 22 heavy (non-hydrogen) atoms. The molecule has 0 unspecified atom stereocenters. The van der Waals surface area contributed by atoms with Crippen molar-refractivity contribution in [3.05, 3.63) is 66.8 Å². The van der Waals surface area contributed by atoms with Gasteiger partial charge >= 0.3 is 11.9 Å². The zero-order valence-electron chi connectivity index (χ0n) is 12.8. The van der Waals surface area contributed by atoms with Gasteiger partial charge in [0.25, 0.3) is 0 Å². The van der Waals surface area contributed by atoms with Gasteiger partial charge in [0, 0.05) is 6.08 Å². The van der Waals surface area contributed by atoms with Crippen LogP contribution in [0.2, 0.25) is 0 Å². The summed E-state index contributed by atoms with van der Waals surface area (Å²) in [7, 11) is 0. The molecule has 4 nitrogen and oxygen atoms in total. The fourth-order valence-corrected chi connectivity index (χ4v) is 1.23.